The van der Waals surface area contributed by atoms with Gasteiger partial charge in [-0.25, -0.2) is 0 Å². The second-order valence-corrected chi connectivity index (χ2v) is 6.17. The van der Waals surface area contributed by atoms with Crippen LogP contribution in [0.5, 0.6) is 0 Å². The second-order valence-electron chi connectivity index (χ2n) is 4.43. The minimum absolute atomic E-state index is 0.269. The highest BCUT2D eigenvalue weighted by Crippen LogP contribution is 2.34. The normalized spacial score (nSPS) is 29.9. The van der Waals surface area contributed by atoms with E-state index in [0.29, 0.717) is 11.7 Å². The molecule has 1 saturated carbocycles. The number of thioether (sulfide) groups is 1. The molecule has 1 unspecified atom stereocenters. The summed E-state index contributed by atoms with van der Waals surface area (Å²) in [4.78, 5) is 10.5. The minimum atomic E-state index is -0.672. The van der Waals surface area contributed by atoms with Crippen LogP contribution in [-0.2, 0) is 4.79 Å². The predicted octanol–water partition coefficient (Wildman–Crippen LogP) is 3.16. The second kappa shape index (κ2) is 5.64. The monoisotopic (exact) mass is 216 g/mol. The Balaban J connectivity index is 2.20. The van der Waals surface area contributed by atoms with Crippen molar-refractivity contribution in [1.82, 2.24) is 0 Å². The molecule has 14 heavy (non-hydrogen) atoms. The molecule has 82 valence electrons. The predicted molar refractivity (Wildman–Crippen MR) is 60.7 cm³/mol. The van der Waals surface area contributed by atoms with Crippen molar-refractivity contribution >= 4 is 17.7 Å². The van der Waals surface area contributed by atoms with Crippen molar-refractivity contribution in [2.24, 2.45) is 5.92 Å². The molecular formula is C11H20O2S. The molecule has 0 aromatic rings. The number of hydrogen-bond donors (Lipinski definition) is 1. The molecule has 0 saturated heterocycles. The first-order valence-corrected chi connectivity index (χ1v) is 6.39. The Kier molecular flexibility index (Phi) is 4.79. The van der Waals surface area contributed by atoms with Gasteiger partial charge in [-0.2, -0.15) is 11.8 Å². The zero-order chi connectivity index (χ0) is 10.6. The third-order valence-corrected chi connectivity index (χ3v) is 4.34. The van der Waals surface area contributed by atoms with Crippen molar-refractivity contribution in [2.45, 2.75) is 56.5 Å². The Morgan fingerprint density at radius 2 is 2.00 bits per heavy atom. The van der Waals surface area contributed by atoms with Crippen LogP contribution in [0, 0.1) is 5.92 Å². The number of carboxylic acid groups (broad SMARTS) is 1. The van der Waals surface area contributed by atoms with Crippen LogP contribution in [0.2, 0.25) is 0 Å². The first-order valence-electron chi connectivity index (χ1n) is 5.45. The SMILES string of the molecule is CC1CCC(SC(C)CC(=O)O)CC1. The fourth-order valence-corrected chi connectivity index (χ4v) is 3.43. The van der Waals surface area contributed by atoms with Gasteiger partial charge in [-0.3, -0.25) is 4.79 Å². The van der Waals surface area contributed by atoms with Crippen LogP contribution in [0.25, 0.3) is 0 Å². The topological polar surface area (TPSA) is 37.3 Å². The highest BCUT2D eigenvalue weighted by atomic mass is 32.2. The van der Waals surface area contributed by atoms with Gasteiger partial charge in [-0.05, 0) is 31.6 Å². The van der Waals surface area contributed by atoms with E-state index in [9.17, 15) is 4.79 Å². The first kappa shape index (κ1) is 11.9. The van der Waals surface area contributed by atoms with E-state index in [-0.39, 0.29) is 5.25 Å². The summed E-state index contributed by atoms with van der Waals surface area (Å²) in [5.74, 6) is 0.204. The van der Waals surface area contributed by atoms with E-state index < -0.39 is 5.97 Å². The molecule has 2 nitrogen and oxygen atoms in total. The molecule has 1 atom stereocenters. The van der Waals surface area contributed by atoms with Crippen LogP contribution in [-0.4, -0.2) is 21.6 Å². The summed E-state index contributed by atoms with van der Waals surface area (Å²) in [5, 5.41) is 9.62. The molecule has 0 heterocycles. The van der Waals surface area contributed by atoms with Crippen LogP contribution >= 0.6 is 11.8 Å². The largest absolute Gasteiger partial charge is 0.481 e. The Labute approximate surface area is 90.5 Å². The molecule has 1 aliphatic rings. The maximum Gasteiger partial charge on any atom is 0.304 e. The standard InChI is InChI=1S/C11H20O2S/c1-8-3-5-10(6-4-8)14-9(2)7-11(12)13/h8-10H,3-7H2,1-2H3,(H,12,13). The molecule has 0 bridgehead atoms. The van der Waals surface area contributed by atoms with Crippen molar-refractivity contribution in [3.8, 4) is 0 Å². The zero-order valence-corrected chi connectivity index (χ0v) is 9.85. The lowest BCUT2D eigenvalue weighted by atomic mass is 9.91. The summed E-state index contributed by atoms with van der Waals surface area (Å²) in [6, 6.07) is 0. The van der Waals surface area contributed by atoms with Gasteiger partial charge < -0.3 is 5.11 Å². The van der Waals surface area contributed by atoms with Gasteiger partial charge in [0.1, 0.15) is 0 Å². The van der Waals surface area contributed by atoms with Crippen LogP contribution in [0.4, 0.5) is 0 Å². The molecule has 0 aliphatic heterocycles. The fourth-order valence-electron chi connectivity index (χ4n) is 1.99. The van der Waals surface area contributed by atoms with Gasteiger partial charge in [0.2, 0.25) is 0 Å². The molecular weight excluding hydrogens is 196 g/mol. The molecule has 0 aromatic carbocycles. The number of hydrogen-bond acceptors (Lipinski definition) is 2. The van der Waals surface area contributed by atoms with E-state index in [0.717, 1.165) is 5.92 Å². The van der Waals surface area contributed by atoms with Gasteiger partial charge in [0.15, 0.2) is 0 Å². The summed E-state index contributed by atoms with van der Waals surface area (Å²) in [5.41, 5.74) is 0. The molecule has 0 amide bonds. The van der Waals surface area contributed by atoms with Gasteiger partial charge in [0.05, 0.1) is 6.42 Å². The number of rotatable bonds is 4. The van der Waals surface area contributed by atoms with Crippen LogP contribution in [0.1, 0.15) is 46.0 Å². The lowest BCUT2D eigenvalue weighted by molar-refractivity contribution is -0.136. The number of carboxylic acids is 1. The van der Waals surface area contributed by atoms with Crippen molar-refractivity contribution in [3.05, 3.63) is 0 Å². The van der Waals surface area contributed by atoms with Gasteiger partial charge in [0, 0.05) is 10.5 Å². The Morgan fingerprint density at radius 3 is 2.50 bits per heavy atom. The Hall–Kier alpha value is -0.180. The average Bonchev–Trinajstić information content (AvgIpc) is 2.07. The Morgan fingerprint density at radius 1 is 1.43 bits per heavy atom. The van der Waals surface area contributed by atoms with E-state index in [4.69, 9.17) is 5.11 Å². The zero-order valence-electron chi connectivity index (χ0n) is 9.03. The van der Waals surface area contributed by atoms with E-state index in [1.165, 1.54) is 25.7 Å². The fraction of sp³-hybridized carbons (Fsp3) is 0.909. The van der Waals surface area contributed by atoms with Crippen LogP contribution in [0.3, 0.4) is 0 Å². The molecule has 1 N–H and O–H groups in total. The summed E-state index contributed by atoms with van der Waals surface area (Å²) < 4.78 is 0. The number of carbonyl (C=O) groups is 1. The van der Waals surface area contributed by atoms with Crippen molar-refractivity contribution in [3.63, 3.8) is 0 Å². The van der Waals surface area contributed by atoms with Crippen molar-refractivity contribution in [1.29, 1.82) is 0 Å². The molecule has 1 aliphatic carbocycles. The maximum atomic E-state index is 10.5. The van der Waals surface area contributed by atoms with E-state index in [2.05, 4.69) is 6.92 Å². The van der Waals surface area contributed by atoms with Crippen molar-refractivity contribution in [2.75, 3.05) is 0 Å². The lowest BCUT2D eigenvalue weighted by Crippen LogP contribution is -2.18. The lowest BCUT2D eigenvalue weighted by Gasteiger charge is -2.27. The quantitative estimate of drug-likeness (QED) is 0.784. The van der Waals surface area contributed by atoms with Crippen molar-refractivity contribution < 1.29 is 9.90 Å². The van der Waals surface area contributed by atoms with Gasteiger partial charge in [0.25, 0.3) is 0 Å². The third-order valence-electron chi connectivity index (χ3n) is 2.85. The summed E-state index contributed by atoms with van der Waals surface area (Å²) in [6.45, 7) is 4.33. The molecule has 0 spiro atoms. The highest BCUT2D eigenvalue weighted by Gasteiger charge is 2.21. The summed E-state index contributed by atoms with van der Waals surface area (Å²) in [6.07, 6.45) is 5.48. The van der Waals surface area contributed by atoms with E-state index >= 15 is 0 Å². The minimum Gasteiger partial charge on any atom is -0.481 e. The summed E-state index contributed by atoms with van der Waals surface area (Å²) in [7, 11) is 0. The Bertz CT molecular complexity index is 186. The number of aliphatic carboxylic acids is 1. The van der Waals surface area contributed by atoms with E-state index in [1.54, 1.807) is 0 Å². The highest BCUT2D eigenvalue weighted by molar-refractivity contribution is 8.00. The third kappa shape index (κ3) is 4.36. The molecule has 3 heteroatoms. The maximum absolute atomic E-state index is 10.5. The van der Waals surface area contributed by atoms with Gasteiger partial charge in [-0.15, -0.1) is 0 Å². The first-order chi connectivity index (χ1) is 6.58. The van der Waals surface area contributed by atoms with Gasteiger partial charge in [-0.1, -0.05) is 13.8 Å². The molecule has 1 rings (SSSR count). The van der Waals surface area contributed by atoms with Gasteiger partial charge >= 0.3 is 5.97 Å². The molecule has 0 aromatic heterocycles. The smallest absolute Gasteiger partial charge is 0.304 e. The summed E-state index contributed by atoms with van der Waals surface area (Å²) >= 11 is 1.87. The molecule has 1 fully saturated rings. The van der Waals surface area contributed by atoms with E-state index in [1.807, 2.05) is 18.7 Å². The molecule has 0 radical (unpaired) electrons. The van der Waals surface area contributed by atoms with Crippen LogP contribution < -0.4 is 0 Å². The average molecular weight is 216 g/mol. The van der Waals surface area contributed by atoms with Crippen LogP contribution in [0.15, 0.2) is 0 Å².